The lowest BCUT2D eigenvalue weighted by atomic mass is 10.0. The van der Waals surface area contributed by atoms with E-state index in [9.17, 15) is 4.39 Å². The zero-order valence-corrected chi connectivity index (χ0v) is 22.2. The molecule has 4 aromatic rings. The van der Waals surface area contributed by atoms with Gasteiger partial charge in [0.25, 0.3) is 0 Å². The molecule has 0 aliphatic carbocycles. The summed E-state index contributed by atoms with van der Waals surface area (Å²) in [5, 5.41) is 4.99. The number of anilines is 2. The molecule has 8 nitrogen and oxygen atoms in total. The molecule has 200 valence electrons. The molecule has 6 rings (SSSR count). The van der Waals surface area contributed by atoms with E-state index in [1.807, 2.05) is 35.0 Å². The van der Waals surface area contributed by atoms with Crippen molar-refractivity contribution < 1.29 is 4.39 Å². The molecule has 2 aliphatic heterocycles. The average molecular weight is 537 g/mol. The molecule has 0 spiro atoms. The summed E-state index contributed by atoms with van der Waals surface area (Å²) in [5.74, 6) is 1.64. The summed E-state index contributed by atoms with van der Waals surface area (Å²) in [4.78, 5) is 16.7. The minimum Gasteiger partial charge on any atom is -0.354 e. The summed E-state index contributed by atoms with van der Waals surface area (Å²) < 4.78 is 15.8. The van der Waals surface area contributed by atoms with Gasteiger partial charge in [-0.25, -0.2) is 18.9 Å². The van der Waals surface area contributed by atoms with Crippen LogP contribution < -0.4 is 15.5 Å². The van der Waals surface area contributed by atoms with Gasteiger partial charge >= 0.3 is 0 Å². The Bertz CT molecular complexity index is 1370. The number of imidazole rings is 1. The molecule has 0 saturated carbocycles. The fraction of sp³-hybridized carbons (Fsp3) is 0.393. The summed E-state index contributed by atoms with van der Waals surface area (Å²) in [6, 6.07) is 17.2. The van der Waals surface area contributed by atoms with Crippen LogP contribution >= 0.6 is 12.4 Å². The van der Waals surface area contributed by atoms with Crippen LogP contribution in [-0.4, -0.2) is 70.3 Å². The zero-order chi connectivity index (χ0) is 25.2. The first-order chi connectivity index (χ1) is 18.2. The van der Waals surface area contributed by atoms with E-state index < -0.39 is 0 Å². The molecule has 0 bridgehead atoms. The number of nitrogens with two attached hydrogens (primary N) is 1. The van der Waals surface area contributed by atoms with Crippen molar-refractivity contribution in [1.29, 1.82) is 0 Å². The summed E-state index contributed by atoms with van der Waals surface area (Å²) in [7, 11) is 0. The number of pyridine rings is 1. The SMILES string of the molecule is Cl.NCCCN1CCN(c2cccc(-c3cnc4ccc(N5CCC[C@@H]5c5cccc(F)c5)nn34)n2)CC1. The molecule has 2 fully saturated rings. The first kappa shape index (κ1) is 26.3. The lowest BCUT2D eigenvalue weighted by Crippen LogP contribution is -2.47. The normalized spacial score (nSPS) is 18.2. The summed E-state index contributed by atoms with van der Waals surface area (Å²) in [6.07, 6.45) is 4.90. The van der Waals surface area contributed by atoms with E-state index in [0.29, 0.717) is 0 Å². The molecule has 1 atom stereocenters. The molecule has 1 aromatic carbocycles. The summed E-state index contributed by atoms with van der Waals surface area (Å²) in [5.41, 5.74) is 9.15. The van der Waals surface area contributed by atoms with Crippen LogP contribution in [0.4, 0.5) is 16.0 Å². The van der Waals surface area contributed by atoms with Crippen LogP contribution in [0.5, 0.6) is 0 Å². The topological polar surface area (TPSA) is 78.8 Å². The third-order valence-corrected chi connectivity index (χ3v) is 7.50. The lowest BCUT2D eigenvalue weighted by Gasteiger charge is -2.35. The molecule has 3 aromatic heterocycles. The van der Waals surface area contributed by atoms with Crippen molar-refractivity contribution in [2.75, 3.05) is 55.6 Å². The predicted molar refractivity (Wildman–Crippen MR) is 152 cm³/mol. The molecule has 38 heavy (non-hydrogen) atoms. The van der Waals surface area contributed by atoms with Gasteiger partial charge in [-0.1, -0.05) is 18.2 Å². The molecule has 2 N–H and O–H groups in total. The third-order valence-electron chi connectivity index (χ3n) is 7.50. The minimum atomic E-state index is -0.201. The number of nitrogens with zero attached hydrogens (tertiary/aromatic N) is 7. The molecular formula is C28H34ClFN8. The van der Waals surface area contributed by atoms with E-state index in [2.05, 4.69) is 31.8 Å². The predicted octanol–water partition coefficient (Wildman–Crippen LogP) is 4.16. The highest BCUT2D eigenvalue weighted by Crippen LogP contribution is 2.35. The summed E-state index contributed by atoms with van der Waals surface area (Å²) in [6.45, 7) is 6.63. The fourth-order valence-electron chi connectivity index (χ4n) is 5.55. The lowest BCUT2D eigenvalue weighted by molar-refractivity contribution is 0.256. The molecule has 10 heteroatoms. The second-order valence-corrected chi connectivity index (χ2v) is 9.86. The van der Waals surface area contributed by atoms with Crippen LogP contribution in [0, 0.1) is 5.82 Å². The average Bonchev–Trinajstić information content (AvgIpc) is 3.60. The van der Waals surface area contributed by atoms with Crippen molar-refractivity contribution in [1.82, 2.24) is 24.5 Å². The smallest absolute Gasteiger partial charge is 0.154 e. The maximum atomic E-state index is 13.9. The van der Waals surface area contributed by atoms with Gasteiger partial charge in [0.1, 0.15) is 23.1 Å². The summed E-state index contributed by atoms with van der Waals surface area (Å²) >= 11 is 0. The Morgan fingerprint density at radius 2 is 1.79 bits per heavy atom. The second-order valence-electron chi connectivity index (χ2n) is 9.86. The molecular weight excluding hydrogens is 503 g/mol. The highest BCUT2D eigenvalue weighted by Gasteiger charge is 2.28. The first-order valence-corrected chi connectivity index (χ1v) is 13.2. The van der Waals surface area contributed by atoms with Crippen LogP contribution in [0.15, 0.2) is 60.8 Å². The van der Waals surface area contributed by atoms with Crippen LogP contribution in [0.25, 0.3) is 17.0 Å². The number of fused-ring (bicyclic) bond motifs is 1. The van der Waals surface area contributed by atoms with Crippen LogP contribution in [0.3, 0.4) is 0 Å². The quantitative estimate of drug-likeness (QED) is 0.380. The number of piperazine rings is 1. The van der Waals surface area contributed by atoms with Gasteiger partial charge in [-0.05, 0) is 74.3 Å². The van der Waals surface area contributed by atoms with E-state index in [-0.39, 0.29) is 24.3 Å². The molecule has 2 aliphatic rings. The Labute approximate surface area is 228 Å². The largest absolute Gasteiger partial charge is 0.354 e. The van der Waals surface area contributed by atoms with E-state index in [0.717, 1.165) is 99.3 Å². The molecule has 0 radical (unpaired) electrons. The van der Waals surface area contributed by atoms with Gasteiger partial charge in [-0.15, -0.1) is 17.5 Å². The number of rotatable bonds is 7. The number of halogens is 2. The standard InChI is InChI=1S/C28H33FN8.ClH/c29-22-6-1-5-21(19-22)24-8-3-14-36(24)28-11-10-26-31-20-25(37(26)33-28)23-7-2-9-27(32-23)35-17-15-34(16-18-35)13-4-12-30;/h1-2,5-7,9-11,19-20,24H,3-4,8,12-18,30H2;1H/t24-;/m1./s1. The van der Waals surface area contributed by atoms with E-state index >= 15 is 0 Å². The Morgan fingerprint density at radius 1 is 0.947 bits per heavy atom. The monoisotopic (exact) mass is 536 g/mol. The maximum absolute atomic E-state index is 13.9. The van der Waals surface area contributed by atoms with Crippen molar-refractivity contribution in [3.05, 3.63) is 72.2 Å². The number of aromatic nitrogens is 4. The Balaban J connectivity index is 0.00000294. The molecule has 0 amide bonds. The second kappa shape index (κ2) is 11.6. The molecule has 2 saturated heterocycles. The van der Waals surface area contributed by atoms with Crippen molar-refractivity contribution in [2.45, 2.75) is 25.3 Å². The zero-order valence-electron chi connectivity index (χ0n) is 21.4. The first-order valence-electron chi connectivity index (χ1n) is 13.2. The van der Waals surface area contributed by atoms with Crippen LogP contribution in [-0.2, 0) is 0 Å². The minimum absolute atomic E-state index is 0. The molecule has 5 heterocycles. The van der Waals surface area contributed by atoms with Gasteiger partial charge < -0.3 is 15.5 Å². The van der Waals surface area contributed by atoms with Crippen molar-refractivity contribution in [2.24, 2.45) is 5.73 Å². The van der Waals surface area contributed by atoms with Gasteiger partial charge in [0.15, 0.2) is 5.65 Å². The maximum Gasteiger partial charge on any atom is 0.154 e. The Morgan fingerprint density at radius 3 is 2.61 bits per heavy atom. The van der Waals surface area contributed by atoms with Crippen molar-refractivity contribution in [3.63, 3.8) is 0 Å². The van der Waals surface area contributed by atoms with Gasteiger partial charge in [0, 0.05) is 32.7 Å². The number of hydrogen-bond donors (Lipinski definition) is 1. The highest BCUT2D eigenvalue weighted by atomic mass is 35.5. The fourth-order valence-corrected chi connectivity index (χ4v) is 5.55. The molecule has 0 unspecified atom stereocenters. The van der Waals surface area contributed by atoms with Crippen molar-refractivity contribution >= 4 is 29.7 Å². The van der Waals surface area contributed by atoms with E-state index in [1.54, 1.807) is 12.1 Å². The van der Waals surface area contributed by atoms with Crippen LogP contribution in [0.1, 0.15) is 30.9 Å². The van der Waals surface area contributed by atoms with Gasteiger partial charge in [-0.3, -0.25) is 4.90 Å². The van der Waals surface area contributed by atoms with Gasteiger partial charge in [0.2, 0.25) is 0 Å². The van der Waals surface area contributed by atoms with E-state index in [4.69, 9.17) is 15.8 Å². The van der Waals surface area contributed by atoms with Crippen molar-refractivity contribution in [3.8, 4) is 11.4 Å². The van der Waals surface area contributed by atoms with E-state index in [1.165, 1.54) is 6.07 Å². The Kier molecular flexibility index (Phi) is 8.06. The highest BCUT2D eigenvalue weighted by molar-refractivity contribution is 5.85. The third kappa shape index (κ3) is 5.32. The number of benzene rings is 1. The van der Waals surface area contributed by atoms with Gasteiger partial charge in [0.05, 0.1) is 17.9 Å². The Hall–Kier alpha value is -3.27. The van der Waals surface area contributed by atoms with Crippen LogP contribution in [0.2, 0.25) is 0 Å². The van der Waals surface area contributed by atoms with Gasteiger partial charge in [-0.2, -0.15) is 0 Å². The number of hydrogen-bond acceptors (Lipinski definition) is 7.